The Hall–Kier alpha value is -1.84. The number of rotatable bonds is 5. The lowest BCUT2D eigenvalue weighted by molar-refractivity contribution is -0.128. The van der Waals surface area contributed by atoms with E-state index < -0.39 is 0 Å². The van der Waals surface area contributed by atoms with Crippen molar-refractivity contribution in [3.05, 3.63) is 29.3 Å². The van der Waals surface area contributed by atoms with Gasteiger partial charge >= 0.3 is 0 Å². The van der Waals surface area contributed by atoms with Gasteiger partial charge in [-0.05, 0) is 37.5 Å². The van der Waals surface area contributed by atoms with Crippen molar-refractivity contribution in [3.8, 4) is 0 Å². The molecule has 1 aliphatic rings. The SMILES string of the molecule is CCCCN1CC(C(=O)Nc2cccc(C)c2C)CC1=O. The van der Waals surface area contributed by atoms with Gasteiger partial charge in [-0.1, -0.05) is 25.5 Å². The van der Waals surface area contributed by atoms with Crippen LogP contribution in [0.4, 0.5) is 5.69 Å². The quantitative estimate of drug-likeness (QED) is 0.905. The first kappa shape index (κ1) is 15.5. The van der Waals surface area contributed by atoms with Gasteiger partial charge in [-0.25, -0.2) is 0 Å². The highest BCUT2D eigenvalue weighted by Crippen LogP contribution is 2.23. The predicted octanol–water partition coefficient (Wildman–Crippen LogP) is 2.89. The average Bonchev–Trinajstić information content (AvgIpc) is 2.83. The molecule has 0 spiro atoms. The van der Waals surface area contributed by atoms with E-state index in [1.54, 1.807) is 0 Å². The van der Waals surface area contributed by atoms with E-state index in [4.69, 9.17) is 0 Å². The van der Waals surface area contributed by atoms with Crippen molar-refractivity contribution in [1.29, 1.82) is 0 Å². The van der Waals surface area contributed by atoms with Crippen LogP contribution in [-0.2, 0) is 9.59 Å². The molecule has 1 fully saturated rings. The van der Waals surface area contributed by atoms with E-state index in [0.29, 0.717) is 13.0 Å². The molecule has 1 unspecified atom stereocenters. The zero-order chi connectivity index (χ0) is 15.4. The summed E-state index contributed by atoms with van der Waals surface area (Å²) < 4.78 is 0. The van der Waals surface area contributed by atoms with Crippen LogP contribution < -0.4 is 5.32 Å². The van der Waals surface area contributed by atoms with Crippen molar-refractivity contribution in [2.24, 2.45) is 5.92 Å². The molecule has 1 aliphatic heterocycles. The fraction of sp³-hybridized carbons (Fsp3) is 0.529. The number of hydrogen-bond donors (Lipinski definition) is 1. The molecular formula is C17H24N2O2. The lowest BCUT2D eigenvalue weighted by atomic mass is 10.1. The largest absolute Gasteiger partial charge is 0.342 e. The number of likely N-dealkylation sites (tertiary alicyclic amines) is 1. The topological polar surface area (TPSA) is 49.4 Å². The Balaban J connectivity index is 1.98. The second kappa shape index (κ2) is 6.74. The lowest BCUT2D eigenvalue weighted by Crippen LogP contribution is -2.29. The summed E-state index contributed by atoms with van der Waals surface area (Å²) in [7, 11) is 0. The molecule has 1 saturated heterocycles. The molecule has 2 amide bonds. The molecule has 0 aliphatic carbocycles. The molecule has 0 bridgehead atoms. The summed E-state index contributed by atoms with van der Waals surface area (Å²) in [4.78, 5) is 26.1. The molecule has 1 heterocycles. The number of anilines is 1. The Labute approximate surface area is 126 Å². The van der Waals surface area contributed by atoms with Crippen LogP contribution in [0.15, 0.2) is 18.2 Å². The molecular weight excluding hydrogens is 264 g/mol. The van der Waals surface area contributed by atoms with Crippen LogP contribution in [0, 0.1) is 19.8 Å². The third kappa shape index (κ3) is 3.63. The normalized spacial score (nSPS) is 18.1. The molecule has 2 rings (SSSR count). The fourth-order valence-corrected chi connectivity index (χ4v) is 2.63. The third-order valence-electron chi connectivity index (χ3n) is 4.23. The van der Waals surface area contributed by atoms with Crippen LogP contribution >= 0.6 is 0 Å². The van der Waals surface area contributed by atoms with Gasteiger partial charge in [-0.3, -0.25) is 9.59 Å². The van der Waals surface area contributed by atoms with Crippen LogP contribution in [0.5, 0.6) is 0 Å². The van der Waals surface area contributed by atoms with Gasteiger partial charge in [0.05, 0.1) is 5.92 Å². The molecule has 1 aromatic rings. The molecule has 21 heavy (non-hydrogen) atoms. The minimum atomic E-state index is -0.228. The molecule has 1 atom stereocenters. The van der Waals surface area contributed by atoms with Gasteiger partial charge in [0.15, 0.2) is 0 Å². The Bertz CT molecular complexity index is 540. The zero-order valence-electron chi connectivity index (χ0n) is 13.1. The molecule has 114 valence electrons. The Kier molecular flexibility index (Phi) is 4.99. The van der Waals surface area contributed by atoms with Crippen LogP contribution in [0.3, 0.4) is 0 Å². The maximum absolute atomic E-state index is 12.4. The smallest absolute Gasteiger partial charge is 0.229 e. The first-order valence-corrected chi connectivity index (χ1v) is 7.67. The van der Waals surface area contributed by atoms with Crippen LogP contribution in [0.2, 0.25) is 0 Å². The number of carbonyl (C=O) groups excluding carboxylic acids is 2. The van der Waals surface area contributed by atoms with E-state index in [1.165, 1.54) is 0 Å². The Morgan fingerprint density at radius 3 is 2.86 bits per heavy atom. The summed E-state index contributed by atoms with van der Waals surface area (Å²) in [6.45, 7) is 7.44. The first-order chi connectivity index (χ1) is 10.0. The van der Waals surface area contributed by atoms with E-state index in [9.17, 15) is 9.59 Å². The minimum absolute atomic E-state index is 0.0453. The van der Waals surface area contributed by atoms with Gasteiger partial charge in [-0.15, -0.1) is 0 Å². The summed E-state index contributed by atoms with van der Waals surface area (Å²) in [5, 5.41) is 2.97. The van der Waals surface area contributed by atoms with Crippen molar-refractivity contribution in [2.45, 2.75) is 40.0 Å². The van der Waals surface area contributed by atoms with E-state index in [-0.39, 0.29) is 17.7 Å². The van der Waals surface area contributed by atoms with Gasteiger partial charge in [0, 0.05) is 25.2 Å². The summed E-state index contributed by atoms with van der Waals surface area (Å²) in [5.41, 5.74) is 3.08. The Morgan fingerprint density at radius 1 is 1.38 bits per heavy atom. The monoisotopic (exact) mass is 288 g/mol. The molecule has 0 radical (unpaired) electrons. The second-order valence-corrected chi connectivity index (χ2v) is 5.83. The highest BCUT2D eigenvalue weighted by molar-refractivity contribution is 5.97. The van der Waals surface area contributed by atoms with Crippen LogP contribution in [0.1, 0.15) is 37.3 Å². The molecule has 4 heteroatoms. The molecule has 0 aromatic heterocycles. The fourth-order valence-electron chi connectivity index (χ4n) is 2.63. The van der Waals surface area contributed by atoms with Crippen molar-refractivity contribution in [3.63, 3.8) is 0 Å². The average molecular weight is 288 g/mol. The van der Waals surface area contributed by atoms with E-state index in [1.807, 2.05) is 36.9 Å². The van der Waals surface area contributed by atoms with Crippen LogP contribution in [-0.4, -0.2) is 29.8 Å². The standard InChI is InChI=1S/C17H24N2O2/c1-4-5-9-19-11-14(10-16(19)20)17(21)18-15-8-6-7-12(2)13(15)3/h6-8,14H,4-5,9-11H2,1-3H3,(H,18,21). The summed E-state index contributed by atoms with van der Waals surface area (Å²) >= 11 is 0. The second-order valence-electron chi connectivity index (χ2n) is 5.83. The summed E-state index contributed by atoms with van der Waals surface area (Å²) in [6, 6.07) is 5.87. The predicted molar refractivity (Wildman–Crippen MR) is 84.1 cm³/mol. The molecule has 0 saturated carbocycles. The van der Waals surface area contributed by atoms with Gasteiger partial charge < -0.3 is 10.2 Å². The van der Waals surface area contributed by atoms with Gasteiger partial charge in [0.1, 0.15) is 0 Å². The molecule has 1 aromatic carbocycles. The van der Waals surface area contributed by atoms with Crippen molar-refractivity contribution < 1.29 is 9.59 Å². The number of hydrogen-bond acceptors (Lipinski definition) is 2. The van der Waals surface area contributed by atoms with Crippen LogP contribution in [0.25, 0.3) is 0 Å². The third-order valence-corrected chi connectivity index (χ3v) is 4.23. The number of carbonyl (C=O) groups is 2. The number of benzene rings is 1. The Morgan fingerprint density at radius 2 is 2.14 bits per heavy atom. The maximum atomic E-state index is 12.4. The van der Waals surface area contributed by atoms with E-state index in [0.717, 1.165) is 36.2 Å². The van der Waals surface area contributed by atoms with Crippen molar-refractivity contribution >= 4 is 17.5 Å². The maximum Gasteiger partial charge on any atom is 0.229 e. The lowest BCUT2D eigenvalue weighted by Gasteiger charge is -2.16. The van der Waals surface area contributed by atoms with Gasteiger partial charge in [0.2, 0.25) is 11.8 Å². The number of aryl methyl sites for hydroxylation is 1. The number of nitrogens with one attached hydrogen (secondary N) is 1. The van der Waals surface area contributed by atoms with E-state index >= 15 is 0 Å². The first-order valence-electron chi connectivity index (χ1n) is 7.67. The number of amides is 2. The van der Waals surface area contributed by atoms with Gasteiger partial charge in [-0.2, -0.15) is 0 Å². The number of nitrogens with zero attached hydrogens (tertiary/aromatic N) is 1. The minimum Gasteiger partial charge on any atom is -0.342 e. The zero-order valence-corrected chi connectivity index (χ0v) is 13.1. The van der Waals surface area contributed by atoms with E-state index in [2.05, 4.69) is 12.2 Å². The van der Waals surface area contributed by atoms with Gasteiger partial charge in [0.25, 0.3) is 0 Å². The van der Waals surface area contributed by atoms with Crippen molar-refractivity contribution in [1.82, 2.24) is 4.90 Å². The molecule has 4 nitrogen and oxygen atoms in total. The summed E-state index contributed by atoms with van der Waals surface area (Å²) in [5.74, 6) is -0.171. The number of unbranched alkanes of at least 4 members (excludes halogenated alkanes) is 1. The van der Waals surface area contributed by atoms with Crippen molar-refractivity contribution in [2.75, 3.05) is 18.4 Å². The summed E-state index contributed by atoms with van der Waals surface area (Å²) in [6.07, 6.45) is 2.39. The molecule has 1 N–H and O–H groups in total. The highest BCUT2D eigenvalue weighted by atomic mass is 16.2. The highest BCUT2D eigenvalue weighted by Gasteiger charge is 2.33.